The Morgan fingerprint density at radius 3 is 2.62 bits per heavy atom. The van der Waals surface area contributed by atoms with Gasteiger partial charge in [0.2, 0.25) is 5.91 Å². The topological polar surface area (TPSA) is 52.6 Å². The highest BCUT2D eigenvalue weighted by Crippen LogP contribution is 2.42. The number of likely N-dealkylation sites (tertiary alicyclic amines) is 2. The second-order valence-corrected chi connectivity index (χ2v) is 8.63. The van der Waals surface area contributed by atoms with Crippen molar-refractivity contribution in [3.63, 3.8) is 0 Å². The fourth-order valence-corrected chi connectivity index (χ4v) is 4.97. The van der Waals surface area contributed by atoms with Gasteiger partial charge in [0.15, 0.2) is 0 Å². The van der Waals surface area contributed by atoms with Gasteiger partial charge in [-0.3, -0.25) is 9.78 Å². The van der Waals surface area contributed by atoms with Crippen LogP contribution in [-0.2, 0) is 4.79 Å². The van der Waals surface area contributed by atoms with Gasteiger partial charge < -0.3 is 14.7 Å². The van der Waals surface area contributed by atoms with Gasteiger partial charge in [-0.2, -0.15) is 0 Å². The average molecular weight is 358 g/mol. The maximum absolute atomic E-state index is 12.6. The number of hydrogen-bond acceptors (Lipinski definition) is 5. The third-order valence-corrected chi connectivity index (χ3v) is 6.68. The molecular formula is C20H31N5O. The molecule has 1 aromatic rings. The van der Waals surface area contributed by atoms with Crippen LogP contribution >= 0.6 is 0 Å². The van der Waals surface area contributed by atoms with Crippen molar-refractivity contribution in [2.75, 3.05) is 44.7 Å². The minimum atomic E-state index is 0.302. The molecule has 1 amide bonds. The first-order valence-electron chi connectivity index (χ1n) is 9.99. The summed E-state index contributed by atoms with van der Waals surface area (Å²) in [5.74, 6) is 1.42. The van der Waals surface area contributed by atoms with E-state index in [9.17, 15) is 4.79 Å². The van der Waals surface area contributed by atoms with Crippen molar-refractivity contribution in [3.8, 4) is 0 Å². The van der Waals surface area contributed by atoms with Gasteiger partial charge in [-0.1, -0.05) is 0 Å². The van der Waals surface area contributed by atoms with Gasteiger partial charge >= 0.3 is 0 Å². The quantitative estimate of drug-likeness (QED) is 0.810. The number of aryl methyl sites for hydroxylation is 2. The lowest BCUT2D eigenvalue weighted by Gasteiger charge is -2.49. The first-order chi connectivity index (χ1) is 12.5. The first kappa shape index (κ1) is 17.7. The second-order valence-electron chi connectivity index (χ2n) is 8.63. The molecule has 3 aliphatic heterocycles. The number of rotatable bonds is 2. The molecule has 1 unspecified atom stereocenters. The number of hydrogen-bond donors (Lipinski definition) is 0. The van der Waals surface area contributed by atoms with Crippen LogP contribution in [0.2, 0.25) is 0 Å². The molecular weight excluding hydrogens is 326 g/mol. The highest BCUT2D eigenvalue weighted by Gasteiger charge is 2.44. The number of nitrogens with zero attached hydrogens (tertiary/aromatic N) is 5. The van der Waals surface area contributed by atoms with Gasteiger partial charge in [0, 0.05) is 44.8 Å². The van der Waals surface area contributed by atoms with E-state index in [0.29, 0.717) is 17.4 Å². The van der Waals surface area contributed by atoms with Crippen LogP contribution in [-0.4, -0.2) is 71.5 Å². The second kappa shape index (κ2) is 6.80. The zero-order valence-electron chi connectivity index (χ0n) is 16.4. The third kappa shape index (κ3) is 3.31. The van der Waals surface area contributed by atoms with E-state index in [2.05, 4.69) is 26.7 Å². The molecule has 0 aliphatic carbocycles. The van der Waals surface area contributed by atoms with Crippen molar-refractivity contribution in [1.29, 1.82) is 0 Å². The molecule has 0 saturated carbocycles. The molecule has 0 aromatic carbocycles. The first-order valence-corrected chi connectivity index (χ1v) is 9.99. The lowest BCUT2D eigenvalue weighted by atomic mass is 9.72. The smallest absolute Gasteiger partial charge is 0.222 e. The zero-order valence-corrected chi connectivity index (χ0v) is 16.4. The number of aromatic nitrogens is 2. The molecule has 26 heavy (non-hydrogen) atoms. The van der Waals surface area contributed by atoms with Crippen LogP contribution < -0.4 is 4.90 Å². The van der Waals surface area contributed by atoms with Crippen LogP contribution in [0.5, 0.6) is 0 Å². The van der Waals surface area contributed by atoms with E-state index >= 15 is 0 Å². The van der Waals surface area contributed by atoms with Crippen molar-refractivity contribution in [2.45, 2.75) is 52.0 Å². The van der Waals surface area contributed by atoms with Crippen LogP contribution in [0.25, 0.3) is 0 Å². The van der Waals surface area contributed by atoms with Crippen LogP contribution in [0.15, 0.2) is 6.20 Å². The van der Waals surface area contributed by atoms with Gasteiger partial charge in [-0.25, -0.2) is 4.98 Å². The van der Waals surface area contributed by atoms with Crippen LogP contribution in [0.3, 0.4) is 0 Å². The van der Waals surface area contributed by atoms with Crippen LogP contribution in [0.4, 0.5) is 5.82 Å². The average Bonchev–Trinajstić information content (AvgIpc) is 3.06. The van der Waals surface area contributed by atoms with E-state index < -0.39 is 0 Å². The summed E-state index contributed by atoms with van der Waals surface area (Å²) in [6.45, 7) is 9.19. The van der Waals surface area contributed by atoms with Crippen molar-refractivity contribution >= 4 is 11.7 Å². The van der Waals surface area contributed by atoms with Gasteiger partial charge in [0.25, 0.3) is 0 Å². The summed E-state index contributed by atoms with van der Waals surface area (Å²) < 4.78 is 0. The summed E-state index contributed by atoms with van der Waals surface area (Å²) in [5.41, 5.74) is 2.29. The molecule has 0 radical (unpaired) electrons. The minimum absolute atomic E-state index is 0.302. The Morgan fingerprint density at radius 2 is 1.92 bits per heavy atom. The number of carbonyl (C=O) groups excluding carboxylic acids is 1. The molecule has 6 nitrogen and oxygen atoms in total. The standard InChI is InChI=1S/C20H31N5O/c1-15-12-21-16(2)19(22-15)24-10-7-20(8-11-24)6-4-18(26)25(14-20)17-5-9-23(3)13-17/h12,17H,4-11,13-14H2,1-3H3. The molecule has 6 heteroatoms. The van der Waals surface area contributed by atoms with E-state index in [-0.39, 0.29) is 0 Å². The molecule has 4 heterocycles. The molecule has 3 fully saturated rings. The molecule has 0 N–H and O–H groups in total. The maximum atomic E-state index is 12.6. The van der Waals surface area contributed by atoms with E-state index in [1.54, 1.807) is 0 Å². The number of amides is 1. The molecule has 0 bridgehead atoms. The van der Waals surface area contributed by atoms with Gasteiger partial charge in [0.1, 0.15) is 5.82 Å². The minimum Gasteiger partial charge on any atom is -0.355 e. The molecule has 142 valence electrons. The van der Waals surface area contributed by atoms with Crippen molar-refractivity contribution in [1.82, 2.24) is 19.8 Å². The lowest BCUT2D eigenvalue weighted by molar-refractivity contribution is -0.141. The number of anilines is 1. The normalized spacial score (nSPS) is 26.7. The highest BCUT2D eigenvalue weighted by atomic mass is 16.2. The van der Waals surface area contributed by atoms with Gasteiger partial charge in [0.05, 0.1) is 11.4 Å². The molecule has 3 saturated heterocycles. The predicted octanol–water partition coefficient (Wildman–Crippen LogP) is 2.01. The fourth-order valence-electron chi connectivity index (χ4n) is 4.97. The summed E-state index contributed by atoms with van der Waals surface area (Å²) in [6, 6.07) is 0.424. The van der Waals surface area contributed by atoms with Crippen molar-refractivity contribution in [2.24, 2.45) is 5.41 Å². The van der Waals surface area contributed by atoms with Crippen molar-refractivity contribution in [3.05, 3.63) is 17.6 Å². The molecule has 3 aliphatic rings. The lowest BCUT2D eigenvalue weighted by Crippen LogP contribution is -2.55. The summed E-state index contributed by atoms with van der Waals surface area (Å²) in [4.78, 5) is 28.7. The molecule has 4 rings (SSSR count). The largest absolute Gasteiger partial charge is 0.355 e. The molecule has 1 aromatic heterocycles. The zero-order chi connectivity index (χ0) is 18.3. The summed E-state index contributed by atoms with van der Waals surface area (Å²) in [7, 11) is 2.16. The summed E-state index contributed by atoms with van der Waals surface area (Å²) in [6.07, 6.45) is 7.04. The SMILES string of the molecule is Cc1cnc(C)c(N2CCC3(CCC(=O)N(C4CCN(C)C4)C3)CC2)n1. The van der Waals surface area contributed by atoms with E-state index in [0.717, 1.165) is 82.0 Å². The van der Waals surface area contributed by atoms with Crippen molar-refractivity contribution < 1.29 is 4.79 Å². The Balaban J connectivity index is 1.44. The summed E-state index contributed by atoms with van der Waals surface area (Å²) in [5, 5.41) is 0. The maximum Gasteiger partial charge on any atom is 0.222 e. The third-order valence-electron chi connectivity index (χ3n) is 6.68. The predicted molar refractivity (Wildman–Crippen MR) is 102 cm³/mol. The van der Waals surface area contributed by atoms with E-state index in [4.69, 9.17) is 4.98 Å². The molecule has 1 atom stereocenters. The Hall–Kier alpha value is -1.69. The Morgan fingerprint density at radius 1 is 1.15 bits per heavy atom. The van der Waals surface area contributed by atoms with Crippen LogP contribution in [0, 0.1) is 19.3 Å². The van der Waals surface area contributed by atoms with Gasteiger partial charge in [-0.15, -0.1) is 0 Å². The fraction of sp³-hybridized carbons (Fsp3) is 0.750. The van der Waals surface area contributed by atoms with Gasteiger partial charge in [-0.05, 0) is 58.5 Å². The number of carbonyl (C=O) groups is 1. The Labute approximate surface area is 156 Å². The monoisotopic (exact) mass is 357 g/mol. The van der Waals surface area contributed by atoms with E-state index in [1.165, 1.54) is 0 Å². The van der Waals surface area contributed by atoms with Crippen LogP contribution in [0.1, 0.15) is 43.5 Å². The Kier molecular flexibility index (Phi) is 4.63. The highest BCUT2D eigenvalue weighted by molar-refractivity contribution is 5.77. The number of likely N-dealkylation sites (N-methyl/N-ethyl adjacent to an activating group) is 1. The number of piperidine rings is 2. The van der Waals surface area contributed by atoms with E-state index in [1.807, 2.05) is 20.0 Å². The Bertz CT molecular complexity index is 683. The molecule has 1 spiro atoms. The summed E-state index contributed by atoms with van der Waals surface area (Å²) >= 11 is 0.